The number of hydrogen-bond donors (Lipinski definition) is 1. The molecule has 0 bridgehead atoms. The minimum atomic E-state index is -4.42. The van der Waals surface area contributed by atoms with Crippen molar-refractivity contribution >= 4 is 15.7 Å². The summed E-state index contributed by atoms with van der Waals surface area (Å²) < 4.78 is 76.0. The van der Waals surface area contributed by atoms with Crippen molar-refractivity contribution < 1.29 is 30.8 Å². The predicted molar refractivity (Wildman–Crippen MR) is 113 cm³/mol. The fraction of sp³-hybridized carbons (Fsp3) is 0.333. The van der Waals surface area contributed by atoms with Gasteiger partial charge in [0, 0.05) is 24.3 Å². The maximum atomic E-state index is 13.0. The fourth-order valence-corrected chi connectivity index (χ4v) is 5.00. The lowest BCUT2D eigenvalue weighted by molar-refractivity contribution is -0.137. The monoisotopic (exact) mass is 482 g/mol. The number of ether oxygens (including phenoxy) is 1. The Kier molecular flexibility index (Phi) is 6.41. The molecule has 0 radical (unpaired) electrons. The highest BCUT2D eigenvalue weighted by Gasteiger charge is 2.30. The summed E-state index contributed by atoms with van der Waals surface area (Å²) in [5.41, 5.74) is 0.780. The molecule has 0 saturated carbocycles. The number of morpholine rings is 1. The van der Waals surface area contributed by atoms with Crippen molar-refractivity contribution in [2.75, 3.05) is 31.6 Å². The van der Waals surface area contributed by atoms with Crippen LogP contribution in [0.2, 0.25) is 0 Å². The molecule has 176 valence electrons. The molecule has 0 unspecified atom stereocenters. The number of sulfonamides is 1. The van der Waals surface area contributed by atoms with Gasteiger partial charge in [-0.1, -0.05) is 23.4 Å². The van der Waals surface area contributed by atoms with Crippen LogP contribution in [0.25, 0.3) is 11.4 Å². The highest BCUT2D eigenvalue weighted by molar-refractivity contribution is 7.89. The molecule has 2 heterocycles. The zero-order chi connectivity index (χ0) is 23.6. The molecule has 4 rings (SSSR count). The second kappa shape index (κ2) is 9.12. The molecule has 3 aromatic rings. The largest absolute Gasteiger partial charge is 0.416 e. The van der Waals surface area contributed by atoms with Crippen LogP contribution >= 0.6 is 0 Å². The zero-order valence-electron chi connectivity index (χ0n) is 17.6. The van der Waals surface area contributed by atoms with E-state index in [1.807, 2.05) is 0 Å². The third-order valence-corrected chi connectivity index (χ3v) is 7.20. The van der Waals surface area contributed by atoms with Crippen LogP contribution in [0.3, 0.4) is 0 Å². The second-order valence-corrected chi connectivity index (χ2v) is 9.34. The molecule has 0 spiro atoms. The van der Waals surface area contributed by atoms with E-state index in [1.54, 1.807) is 25.1 Å². The Hall–Kier alpha value is -2.96. The SMILES string of the molecule is Cc1ccc(NCc2nc(-c3ccc(C(F)(F)F)cc3)no2)cc1S(=O)(=O)N1CCOCC1. The van der Waals surface area contributed by atoms with E-state index in [0.717, 1.165) is 12.1 Å². The number of rotatable bonds is 6. The van der Waals surface area contributed by atoms with E-state index in [4.69, 9.17) is 9.26 Å². The van der Waals surface area contributed by atoms with Gasteiger partial charge in [-0.05, 0) is 36.8 Å². The Labute approximate surface area is 188 Å². The zero-order valence-corrected chi connectivity index (χ0v) is 18.4. The minimum Gasteiger partial charge on any atom is -0.379 e. The van der Waals surface area contributed by atoms with Gasteiger partial charge in [0.05, 0.1) is 30.2 Å². The van der Waals surface area contributed by atoms with Crippen molar-refractivity contribution in [3.8, 4) is 11.4 Å². The van der Waals surface area contributed by atoms with Gasteiger partial charge in [0.15, 0.2) is 0 Å². The molecule has 1 aromatic heterocycles. The summed E-state index contributed by atoms with van der Waals surface area (Å²) in [7, 11) is -3.66. The Bertz CT molecular complexity index is 1220. The van der Waals surface area contributed by atoms with Crippen molar-refractivity contribution in [1.82, 2.24) is 14.4 Å². The Balaban J connectivity index is 1.46. The molecule has 1 aliphatic rings. The Morgan fingerprint density at radius 3 is 2.45 bits per heavy atom. The third kappa shape index (κ3) is 5.18. The molecule has 12 heteroatoms. The molecule has 1 saturated heterocycles. The van der Waals surface area contributed by atoms with Crippen LogP contribution in [0.4, 0.5) is 18.9 Å². The van der Waals surface area contributed by atoms with Crippen LogP contribution in [-0.2, 0) is 27.5 Å². The number of halogens is 3. The number of nitrogens with zero attached hydrogens (tertiary/aromatic N) is 3. The summed E-state index contributed by atoms with van der Waals surface area (Å²) >= 11 is 0. The van der Waals surface area contributed by atoms with Crippen LogP contribution < -0.4 is 5.32 Å². The first kappa shape index (κ1) is 23.2. The van der Waals surface area contributed by atoms with E-state index in [-0.39, 0.29) is 23.2 Å². The summed E-state index contributed by atoms with van der Waals surface area (Å²) in [6.07, 6.45) is -4.42. The smallest absolute Gasteiger partial charge is 0.379 e. The first-order chi connectivity index (χ1) is 15.6. The van der Waals surface area contributed by atoms with Crippen molar-refractivity contribution in [3.05, 3.63) is 59.5 Å². The van der Waals surface area contributed by atoms with Crippen LogP contribution in [-0.4, -0.2) is 49.2 Å². The molecule has 0 atom stereocenters. The first-order valence-electron chi connectivity index (χ1n) is 10.1. The molecule has 33 heavy (non-hydrogen) atoms. The van der Waals surface area contributed by atoms with Gasteiger partial charge >= 0.3 is 6.18 Å². The lowest BCUT2D eigenvalue weighted by atomic mass is 10.1. The van der Waals surface area contributed by atoms with E-state index in [1.165, 1.54) is 16.4 Å². The van der Waals surface area contributed by atoms with E-state index >= 15 is 0 Å². The Morgan fingerprint density at radius 1 is 1.09 bits per heavy atom. The van der Waals surface area contributed by atoms with E-state index in [0.29, 0.717) is 43.1 Å². The molecule has 0 amide bonds. The number of aryl methyl sites for hydroxylation is 1. The molecule has 1 aliphatic heterocycles. The van der Waals surface area contributed by atoms with Crippen LogP contribution in [0.1, 0.15) is 17.0 Å². The van der Waals surface area contributed by atoms with Gasteiger partial charge in [-0.25, -0.2) is 8.42 Å². The van der Waals surface area contributed by atoms with Gasteiger partial charge < -0.3 is 14.6 Å². The average molecular weight is 482 g/mol. The van der Waals surface area contributed by atoms with E-state index < -0.39 is 21.8 Å². The maximum Gasteiger partial charge on any atom is 0.416 e. The number of benzene rings is 2. The van der Waals surface area contributed by atoms with Gasteiger partial charge in [-0.3, -0.25) is 0 Å². The number of nitrogens with one attached hydrogen (secondary N) is 1. The highest BCUT2D eigenvalue weighted by Crippen LogP contribution is 2.30. The van der Waals surface area contributed by atoms with Gasteiger partial charge in [0.25, 0.3) is 0 Å². The molecule has 1 fully saturated rings. The number of aromatic nitrogens is 2. The predicted octanol–water partition coefficient (Wildman–Crippen LogP) is 3.70. The van der Waals surface area contributed by atoms with Gasteiger partial charge in [-0.15, -0.1) is 0 Å². The summed E-state index contributed by atoms with van der Waals surface area (Å²) in [6.45, 7) is 3.14. The molecule has 1 N–H and O–H groups in total. The maximum absolute atomic E-state index is 13.0. The molecule has 0 aliphatic carbocycles. The summed E-state index contributed by atoms with van der Waals surface area (Å²) in [4.78, 5) is 4.39. The molecule has 8 nitrogen and oxygen atoms in total. The van der Waals surface area contributed by atoms with Crippen LogP contribution in [0.5, 0.6) is 0 Å². The summed E-state index contributed by atoms with van der Waals surface area (Å²) in [6, 6.07) is 9.44. The first-order valence-corrected chi connectivity index (χ1v) is 11.5. The lowest BCUT2D eigenvalue weighted by Gasteiger charge is -2.26. The highest BCUT2D eigenvalue weighted by atomic mass is 32.2. The van der Waals surface area contributed by atoms with Crippen molar-refractivity contribution in [2.24, 2.45) is 0 Å². The molecular formula is C21H21F3N4O4S. The van der Waals surface area contributed by atoms with Crippen molar-refractivity contribution in [2.45, 2.75) is 24.5 Å². The van der Waals surface area contributed by atoms with Crippen LogP contribution in [0.15, 0.2) is 51.9 Å². The van der Waals surface area contributed by atoms with Crippen molar-refractivity contribution in [1.29, 1.82) is 0 Å². The minimum absolute atomic E-state index is 0.105. The number of anilines is 1. The average Bonchev–Trinajstić information content (AvgIpc) is 3.27. The fourth-order valence-electron chi connectivity index (χ4n) is 3.34. The third-order valence-electron chi connectivity index (χ3n) is 5.16. The van der Waals surface area contributed by atoms with Gasteiger partial charge in [0.1, 0.15) is 0 Å². The molecular weight excluding hydrogens is 461 g/mol. The van der Waals surface area contributed by atoms with Crippen molar-refractivity contribution in [3.63, 3.8) is 0 Å². The second-order valence-electron chi connectivity index (χ2n) is 7.44. The van der Waals surface area contributed by atoms with Gasteiger partial charge in [-0.2, -0.15) is 22.5 Å². The quantitative estimate of drug-likeness (QED) is 0.572. The van der Waals surface area contributed by atoms with Gasteiger partial charge in [0.2, 0.25) is 21.7 Å². The van der Waals surface area contributed by atoms with E-state index in [9.17, 15) is 21.6 Å². The molecule has 2 aromatic carbocycles. The summed E-state index contributed by atoms with van der Waals surface area (Å²) in [5, 5.41) is 6.85. The summed E-state index contributed by atoms with van der Waals surface area (Å²) in [5.74, 6) is 0.350. The van der Waals surface area contributed by atoms with E-state index in [2.05, 4.69) is 15.5 Å². The Morgan fingerprint density at radius 2 is 1.79 bits per heavy atom. The topological polar surface area (TPSA) is 97.6 Å². The normalized spacial score (nSPS) is 15.5. The number of alkyl halides is 3. The number of hydrogen-bond acceptors (Lipinski definition) is 7. The van der Waals surface area contributed by atoms with Crippen LogP contribution in [0, 0.1) is 6.92 Å². The lowest BCUT2D eigenvalue weighted by Crippen LogP contribution is -2.40. The standard InChI is InChI=1S/C21H21F3N4O4S/c1-14-2-7-17(12-18(14)33(29,30)28-8-10-31-11-9-28)25-13-19-26-20(27-32-19)15-3-5-16(6-4-15)21(22,23)24/h2-7,12,25H,8-11,13H2,1H3.